The third-order valence-electron chi connectivity index (χ3n) is 4.10. The molecule has 2 radical (unpaired) electrons. The number of nitrogens with zero attached hydrogens (tertiary/aromatic N) is 1. The van der Waals surface area contributed by atoms with Crippen molar-refractivity contribution in [2.24, 2.45) is 0 Å². The summed E-state index contributed by atoms with van der Waals surface area (Å²) in [6, 6.07) is 3.43. The molecule has 0 amide bonds. The summed E-state index contributed by atoms with van der Waals surface area (Å²) in [5.41, 5.74) is 1.56. The van der Waals surface area contributed by atoms with Crippen molar-refractivity contribution >= 4 is 50.0 Å². The number of nitrogens with one attached hydrogen (secondary N) is 1. The normalized spacial score (nSPS) is 39.0. The van der Waals surface area contributed by atoms with Crippen LogP contribution in [0.5, 0.6) is 0 Å². The van der Waals surface area contributed by atoms with E-state index in [9.17, 15) is 10.00 Å². The number of halogens is 2. The second kappa shape index (κ2) is 5.61. The summed E-state index contributed by atoms with van der Waals surface area (Å²) in [5.74, 6) is 0. The Labute approximate surface area is 144 Å². The summed E-state index contributed by atoms with van der Waals surface area (Å²) in [6.07, 6.45) is -2.94. The third-order valence-corrected chi connectivity index (χ3v) is 5.89. The highest BCUT2D eigenvalue weighted by molar-refractivity contribution is 7.85. The van der Waals surface area contributed by atoms with Crippen molar-refractivity contribution in [3.8, 4) is 0 Å². The molecule has 5 atom stereocenters. The number of aliphatic hydroxyl groups is 1. The van der Waals surface area contributed by atoms with Crippen LogP contribution in [0.3, 0.4) is 0 Å². The molecule has 3 aliphatic heterocycles. The first kappa shape index (κ1) is 16.2. The van der Waals surface area contributed by atoms with Crippen molar-refractivity contribution in [3.63, 3.8) is 0 Å². The Bertz CT molecular complexity index is 654. The van der Waals surface area contributed by atoms with E-state index in [0.717, 1.165) is 11.4 Å². The predicted octanol–water partition coefficient (Wildman–Crippen LogP) is 1.52. The predicted molar refractivity (Wildman–Crippen MR) is 87.8 cm³/mol. The van der Waals surface area contributed by atoms with Crippen LogP contribution in [0.15, 0.2) is 12.1 Å². The fraction of sp³-hybridized carbons (Fsp3) is 0.500. The van der Waals surface area contributed by atoms with Crippen molar-refractivity contribution in [1.82, 2.24) is 0 Å². The van der Waals surface area contributed by atoms with E-state index < -0.39 is 32.4 Å². The maximum Gasteiger partial charge on any atom is 0.488 e. The van der Waals surface area contributed by atoms with Crippen LogP contribution in [-0.2, 0) is 13.8 Å². The molecule has 2 saturated heterocycles. The van der Waals surface area contributed by atoms with Gasteiger partial charge in [0.25, 0.3) is 0 Å². The largest absolute Gasteiger partial charge is 0.488 e. The summed E-state index contributed by atoms with van der Waals surface area (Å²) >= 11 is 12.1. The SMILES string of the molecule is [B][P+]1(O)OC[C@H]2O[C@@H](N3CNc4cc(Cl)c(Cl)cc43)[C@@H](O)[C@H]2O1. The van der Waals surface area contributed by atoms with Gasteiger partial charge in [-0.25, -0.2) is 4.89 Å². The van der Waals surface area contributed by atoms with Gasteiger partial charge in [-0.15, -0.1) is 0 Å². The molecular weight excluding hydrogens is 365 g/mol. The molecule has 0 spiro atoms. The first-order chi connectivity index (χ1) is 10.9. The Morgan fingerprint density at radius 3 is 2.87 bits per heavy atom. The van der Waals surface area contributed by atoms with Crippen molar-refractivity contribution in [3.05, 3.63) is 22.2 Å². The smallest absolute Gasteiger partial charge is 0.385 e. The summed E-state index contributed by atoms with van der Waals surface area (Å²) in [5, 5.41) is 14.6. The molecular formula is C12H13BCl2N2O5P+. The van der Waals surface area contributed by atoms with E-state index in [1.807, 2.05) is 4.90 Å². The number of aliphatic hydroxyl groups excluding tert-OH is 1. The standard InChI is InChI=1S/C12H13BCl2N2O5P/c13-23(19)20-3-9-11(22-23)10(18)12(21-9)17-4-16-7-1-5(14)6(15)2-8(7)17/h1-2,9-12,16,18-19H,3-4H2/q+1/t9-,10+,11+,12-,23?/m1/s1. The first-order valence-corrected chi connectivity index (χ1v) is 9.32. The summed E-state index contributed by atoms with van der Waals surface area (Å²) < 4.78 is 16.2. The molecule has 2 fully saturated rings. The molecule has 3 N–H and O–H groups in total. The quantitative estimate of drug-likeness (QED) is 0.505. The second-order valence-corrected chi connectivity index (χ2v) is 7.99. The highest BCUT2D eigenvalue weighted by Crippen LogP contribution is 2.58. The van der Waals surface area contributed by atoms with Gasteiger partial charge in [0.1, 0.15) is 18.8 Å². The Morgan fingerprint density at radius 2 is 2.09 bits per heavy atom. The van der Waals surface area contributed by atoms with Crippen molar-refractivity contribution in [1.29, 1.82) is 0 Å². The van der Waals surface area contributed by atoms with E-state index in [-0.39, 0.29) is 6.61 Å². The number of anilines is 2. The molecule has 1 aromatic carbocycles. The van der Waals surface area contributed by atoms with Gasteiger partial charge in [-0.2, -0.15) is 9.05 Å². The zero-order chi connectivity index (χ0) is 16.4. The maximum absolute atomic E-state index is 10.5. The van der Waals surface area contributed by atoms with Crippen LogP contribution in [0.4, 0.5) is 11.4 Å². The van der Waals surface area contributed by atoms with Gasteiger partial charge < -0.3 is 20.1 Å². The minimum atomic E-state index is -3.40. The van der Waals surface area contributed by atoms with Gasteiger partial charge in [0.05, 0.1) is 28.1 Å². The number of ether oxygens (including phenoxy) is 1. The van der Waals surface area contributed by atoms with E-state index in [2.05, 4.69) is 5.32 Å². The van der Waals surface area contributed by atoms with Crippen LogP contribution < -0.4 is 10.2 Å². The van der Waals surface area contributed by atoms with E-state index in [1.165, 1.54) is 0 Å². The minimum Gasteiger partial charge on any atom is -0.385 e. The van der Waals surface area contributed by atoms with Gasteiger partial charge in [-0.3, -0.25) is 0 Å². The summed E-state index contributed by atoms with van der Waals surface area (Å²) in [7, 11) is 2.11. The lowest BCUT2D eigenvalue weighted by molar-refractivity contribution is -0.0439. The van der Waals surface area contributed by atoms with E-state index in [1.54, 1.807) is 12.1 Å². The molecule has 1 unspecified atom stereocenters. The molecule has 1 aromatic rings. The fourth-order valence-corrected chi connectivity index (χ4v) is 4.38. The van der Waals surface area contributed by atoms with Crippen LogP contribution >= 0.6 is 31.0 Å². The Balaban J connectivity index is 1.60. The third kappa shape index (κ3) is 2.71. The average Bonchev–Trinajstić information content (AvgIpc) is 3.01. The summed E-state index contributed by atoms with van der Waals surface area (Å²) in [4.78, 5) is 11.6. The molecule has 4 rings (SSSR count). The molecule has 7 nitrogen and oxygen atoms in total. The van der Waals surface area contributed by atoms with Crippen LogP contribution in [-0.4, -0.2) is 55.4 Å². The van der Waals surface area contributed by atoms with Gasteiger partial charge in [0.15, 0.2) is 12.3 Å². The molecule has 3 heterocycles. The van der Waals surface area contributed by atoms with Gasteiger partial charge >= 0.3 is 15.4 Å². The van der Waals surface area contributed by atoms with Crippen molar-refractivity contribution < 1.29 is 23.8 Å². The molecule has 0 saturated carbocycles. The van der Waals surface area contributed by atoms with Gasteiger partial charge in [-0.1, -0.05) is 23.2 Å². The minimum absolute atomic E-state index is 0.0640. The molecule has 0 bridgehead atoms. The average molecular weight is 378 g/mol. The van der Waals surface area contributed by atoms with E-state index >= 15 is 0 Å². The van der Waals surface area contributed by atoms with Crippen LogP contribution in [0.2, 0.25) is 10.0 Å². The lowest BCUT2D eigenvalue weighted by atomic mass is 10.1. The Hall–Kier alpha value is -0.305. The Kier molecular flexibility index (Phi) is 3.95. The van der Waals surface area contributed by atoms with Crippen molar-refractivity contribution in [2.75, 3.05) is 23.5 Å². The molecule has 3 aliphatic rings. The van der Waals surface area contributed by atoms with E-state index in [0.29, 0.717) is 16.7 Å². The first-order valence-electron chi connectivity index (χ1n) is 6.92. The van der Waals surface area contributed by atoms with Crippen molar-refractivity contribution in [2.45, 2.75) is 24.5 Å². The number of benzene rings is 1. The summed E-state index contributed by atoms with van der Waals surface area (Å²) in [6.45, 7) is 0.477. The molecule has 122 valence electrons. The zero-order valence-electron chi connectivity index (χ0n) is 11.7. The number of rotatable bonds is 1. The topological polar surface area (TPSA) is 83.4 Å². The molecule has 23 heavy (non-hydrogen) atoms. The molecule has 0 aliphatic carbocycles. The number of fused-ring (bicyclic) bond motifs is 2. The lowest BCUT2D eigenvalue weighted by Crippen LogP contribution is -2.45. The fourth-order valence-electron chi connectivity index (χ4n) is 3.02. The van der Waals surface area contributed by atoms with Crippen LogP contribution in [0.1, 0.15) is 0 Å². The number of hydrogen-bond donors (Lipinski definition) is 3. The highest BCUT2D eigenvalue weighted by atomic mass is 35.5. The van der Waals surface area contributed by atoms with Gasteiger partial charge in [0.2, 0.25) is 0 Å². The Morgan fingerprint density at radius 1 is 1.35 bits per heavy atom. The van der Waals surface area contributed by atoms with E-state index in [4.69, 9.17) is 44.6 Å². The molecule has 0 aromatic heterocycles. The monoisotopic (exact) mass is 377 g/mol. The van der Waals surface area contributed by atoms with Gasteiger partial charge in [0, 0.05) is 0 Å². The molecule has 11 heteroatoms. The van der Waals surface area contributed by atoms with Crippen LogP contribution in [0.25, 0.3) is 0 Å². The lowest BCUT2D eigenvalue weighted by Gasteiger charge is -2.28. The van der Waals surface area contributed by atoms with Crippen LogP contribution in [0, 0.1) is 0 Å². The zero-order valence-corrected chi connectivity index (χ0v) is 14.1. The highest BCUT2D eigenvalue weighted by Gasteiger charge is 2.57. The second-order valence-electron chi connectivity index (χ2n) is 5.57. The number of hydrogen-bond acceptors (Lipinski definition) is 7. The maximum atomic E-state index is 10.5. The van der Waals surface area contributed by atoms with Gasteiger partial charge in [-0.05, 0) is 12.1 Å².